The summed E-state index contributed by atoms with van der Waals surface area (Å²) in [4.78, 5) is 22.9. The van der Waals surface area contributed by atoms with Gasteiger partial charge in [-0.15, -0.1) is 0 Å². The van der Waals surface area contributed by atoms with Crippen LogP contribution in [0.4, 0.5) is 20.2 Å². The highest BCUT2D eigenvalue weighted by atomic mass is 32.1. The normalized spacial score (nSPS) is 11.4. The number of nitrogens with one attached hydrogen (secondary N) is 1. The third kappa shape index (κ3) is 10.4. The standard InChI is InChI=1S/C35H43F2N3O4S/c1-4-9-31-30(5-2)22-32(39(41)42)33(34(31)40(43)44)25(3)38-23-28-16-12-26(13-17-28)10-6-7-20-35(36,37)21-8-11-27-14-18-29(24-45)19-15-27/h12-19,22,38,45H,3-11,20-21,23-24H2,1-2H3. The van der Waals surface area contributed by atoms with Crippen molar-refractivity contribution in [2.24, 2.45) is 0 Å². The molecule has 7 nitrogen and oxygen atoms in total. The highest BCUT2D eigenvalue weighted by Gasteiger charge is 2.33. The molecule has 3 aromatic rings. The van der Waals surface area contributed by atoms with Gasteiger partial charge in [-0.2, -0.15) is 12.6 Å². The Labute approximate surface area is 269 Å². The Kier molecular flexibility index (Phi) is 13.5. The number of benzene rings is 3. The number of hydrogen-bond donors (Lipinski definition) is 2. The molecular weight excluding hydrogens is 596 g/mol. The molecule has 0 atom stereocenters. The Morgan fingerprint density at radius 3 is 1.93 bits per heavy atom. The molecule has 0 saturated carbocycles. The van der Waals surface area contributed by atoms with E-state index in [1.807, 2.05) is 62.4 Å². The van der Waals surface area contributed by atoms with Crippen molar-refractivity contribution in [3.63, 3.8) is 0 Å². The summed E-state index contributed by atoms with van der Waals surface area (Å²) in [5, 5.41) is 27.1. The molecule has 10 heteroatoms. The number of rotatable bonds is 19. The van der Waals surface area contributed by atoms with E-state index < -0.39 is 15.8 Å². The van der Waals surface area contributed by atoms with E-state index in [0.29, 0.717) is 68.2 Å². The smallest absolute Gasteiger partial charge is 0.289 e. The number of aryl methyl sites for hydroxylation is 3. The van der Waals surface area contributed by atoms with Gasteiger partial charge in [0.05, 0.1) is 9.85 Å². The van der Waals surface area contributed by atoms with Crippen LogP contribution < -0.4 is 5.32 Å². The lowest BCUT2D eigenvalue weighted by Crippen LogP contribution is -2.16. The number of nitro groups is 2. The molecule has 45 heavy (non-hydrogen) atoms. The third-order valence-electron chi connectivity index (χ3n) is 8.04. The van der Waals surface area contributed by atoms with E-state index in [9.17, 15) is 29.0 Å². The van der Waals surface area contributed by atoms with Gasteiger partial charge < -0.3 is 5.32 Å². The zero-order valence-corrected chi connectivity index (χ0v) is 27.0. The second kappa shape index (κ2) is 17.1. The van der Waals surface area contributed by atoms with Crippen molar-refractivity contribution in [2.45, 2.75) is 96.3 Å². The van der Waals surface area contributed by atoms with Crippen LogP contribution in [-0.4, -0.2) is 15.8 Å². The van der Waals surface area contributed by atoms with E-state index in [1.54, 1.807) is 0 Å². The number of halogens is 2. The van der Waals surface area contributed by atoms with Crippen molar-refractivity contribution in [2.75, 3.05) is 0 Å². The van der Waals surface area contributed by atoms with Crippen LogP contribution in [0.15, 0.2) is 61.2 Å². The van der Waals surface area contributed by atoms with Crippen molar-refractivity contribution in [3.8, 4) is 0 Å². The molecule has 0 unspecified atom stereocenters. The molecule has 242 valence electrons. The fourth-order valence-electron chi connectivity index (χ4n) is 5.56. The van der Waals surface area contributed by atoms with E-state index >= 15 is 0 Å². The van der Waals surface area contributed by atoms with Crippen molar-refractivity contribution >= 4 is 29.7 Å². The quantitative estimate of drug-likeness (QED) is 0.0589. The summed E-state index contributed by atoms with van der Waals surface area (Å²) in [6.07, 6.45) is 4.12. The Morgan fingerprint density at radius 1 is 0.844 bits per heavy atom. The van der Waals surface area contributed by atoms with E-state index in [4.69, 9.17) is 0 Å². The van der Waals surface area contributed by atoms with Crippen molar-refractivity contribution in [3.05, 3.63) is 120 Å². The summed E-state index contributed by atoms with van der Waals surface area (Å²) in [6, 6.07) is 17.0. The van der Waals surface area contributed by atoms with Gasteiger partial charge in [0.1, 0.15) is 0 Å². The molecule has 0 bridgehead atoms. The molecule has 0 aliphatic carbocycles. The maximum Gasteiger partial charge on any atom is 0.289 e. The minimum Gasteiger partial charge on any atom is -0.381 e. The van der Waals surface area contributed by atoms with Crippen LogP contribution in [-0.2, 0) is 38.0 Å². The summed E-state index contributed by atoms with van der Waals surface area (Å²) in [7, 11) is 0. The largest absolute Gasteiger partial charge is 0.381 e. The van der Waals surface area contributed by atoms with Gasteiger partial charge in [-0.05, 0) is 72.8 Å². The lowest BCUT2D eigenvalue weighted by Gasteiger charge is -2.16. The van der Waals surface area contributed by atoms with Crippen molar-refractivity contribution in [1.29, 1.82) is 0 Å². The maximum atomic E-state index is 14.4. The summed E-state index contributed by atoms with van der Waals surface area (Å²) < 4.78 is 28.9. The molecule has 0 saturated heterocycles. The third-order valence-corrected chi connectivity index (χ3v) is 8.40. The number of nitro benzene ring substituents is 2. The minimum absolute atomic E-state index is 0.0954. The van der Waals surface area contributed by atoms with Gasteiger partial charge in [-0.3, -0.25) is 20.2 Å². The zero-order valence-electron chi connectivity index (χ0n) is 26.1. The molecule has 0 amide bonds. The van der Waals surface area contributed by atoms with Gasteiger partial charge in [0.15, 0.2) is 5.56 Å². The first-order valence-electron chi connectivity index (χ1n) is 15.5. The van der Waals surface area contributed by atoms with Crippen LogP contribution in [0.25, 0.3) is 5.70 Å². The Balaban J connectivity index is 1.52. The lowest BCUT2D eigenvalue weighted by atomic mass is 9.93. The van der Waals surface area contributed by atoms with Crippen LogP contribution in [0.5, 0.6) is 0 Å². The molecule has 1 N–H and O–H groups in total. The number of hydrogen-bond acceptors (Lipinski definition) is 6. The summed E-state index contributed by atoms with van der Waals surface area (Å²) >= 11 is 4.24. The van der Waals surface area contributed by atoms with Crippen LogP contribution in [0.3, 0.4) is 0 Å². The second-order valence-corrected chi connectivity index (χ2v) is 11.7. The highest BCUT2D eigenvalue weighted by molar-refractivity contribution is 7.79. The predicted molar refractivity (Wildman–Crippen MR) is 180 cm³/mol. The highest BCUT2D eigenvalue weighted by Crippen LogP contribution is 2.39. The average molecular weight is 640 g/mol. The van der Waals surface area contributed by atoms with Crippen molar-refractivity contribution < 1.29 is 18.6 Å². The van der Waals surface area contributed by atoms with Gasteiger partial charge in [-0.25, -0.2) is 8.78 Å². The second-order valence-electron chi connectivity index (χ2n) is 11.4. The molecule has 0 aromatic heterocycles. The van der Waals surface area contributed by atoms with Gasteiger partial charge >= 0.3 is 0 Å². The van der Waals surface area contributed by atoms with Gasteiger partial charge in [0.2, 0.25) is 5.92 Å². The maximum absolute atomic E-state index is 14.4. The zero-order chi connectivity index (χ0) is 33.0. The molecule has 0 aliphatic heterocycles. The van der Waals surface area contributed by atoms with Gasteiger partial charge in [-0.1, -0.05) is 75.4 Å². The van der Waals surface area contributed by atoms with E-state index in [-0.39, 0.29) is 42.0 Å². The number of thiol groups is 1. The van der Waals surface area contributed by atoms with Crippen molar-refractivity contribution in [1.82, 2.24) is 5.32 Å². The monoisotopic (exact) mass is 639 g/mol. The Bertz CT molecular complexity index is 1460. The number of alkyl halides is 2. The summed E-state index contributed by atoms with van der Waals surface area (Å²) in [5.41, 5.74) is 4.58. The fraction of sp³-hybridized carbons (Fsp3) is 0.429. The molecule has 0 fully saturated rings. The molecule has 3 aromatic carbocycles. The topological polar surface area (TPSA) is 98.3 Å². The minimum atomic E-state index is -2.68. The molecule has 0 spiro atoms. The van der Waals surface area contributed by atoms with E-state index in [2.05, 4.69) is 24.5 Å². The lowest BCUT2D eigenvalue weighted by molar-refractivity contribution is -0.395. The first-order chi connectivity index (χ1) is 21.5. The van der Waals surface area contributed by atoms with Crippen LogP contribution in [0.2, 0.25) is 0 Å². The van der Waals surface area contributed by atoms with Crippen LogP contribution in [0.1, 0.15) is 91.3 Å². The first kappa shape index (κ1) is 35.7. The molecule has 3 rings (SSSR count). The van der Waals surface area contributed by atoms with E-state index in [0.717, 1.165) is 22.3 Å². The fourth-order valence-corrected chi connectivity index (χ4v) is 5.77. The van der Waals surface area contributed by atoms with E-state index in [1.165, 1.54) is 6.07 Å². The van der Waals surface area contributed by atoms with Crippen LogP contribution in [0, 0.1) is 20.2 Å². The molecule has 0 radical (unpaired) electrons. The Hall–Kier alpha value is -3.79. The molecule has 0 heterocycles. The first-order valence-corrected chi connectivity index (χ1v) is 16.2. The Morgan fingerprint density at radius 2 is 1.40 bits per heavy atom. The predicted octanol–water partition coefficient (Wildman–Crippen LogP) is 9.58. The molecular formula is C35H43F2N3O4S. The summed E-state index contributed by atoms with van der Waals surface area (Å²) in [6.45, 7) is 7.92. The number of unbranched alkanes of at least 4 members (excludes halogenated alkanes) is 1. The SMILES string of the molecule is C=C(NCc1ccc(CCCCC(F)(F)CCCc2ccc(CS)cc2)cc1)c1c([N+](=O)[O-])cc(CC)c(CCC)c1[N+](=O)[O-]. The summed E-state index contributed by atoms with van der Waals surface area (Å²) in [5.74, 6) is -2.02. The number of nitrogens with zero attached hydrogens (tertiary/aromatic N) is 2. The average Bonchev–Trinajstić information content (AvgIpc) is 3.02. The van der Waals surface area contributed by atoms with Crippen LogP contribution >= 0.6 is 12.6 Å². The van der Waals surface area contributed by atoms with Gasteiger partial charge in [0.25, 0.3) is 11.4 Å². The van der Waals surface area contributed by atoms with Gasteiger partial charge in [0, 0.05) is 42.5 Å². The molecule has 0 aliphatic rings.